The molecule has 0 aromatic heterocycles. The second-order valence-electron chi connectivity index (χ2n) is 8.87. The van der Waals surface area contributed by atoms with Crippen LogP contribution in [0, 0.1) is 0 Å². The molecular weight excluding hydrogens is 374 g/mol. The molecule has 2 rings (SSSR count). The summed E-state index contributed by atoms with van der Waals surface area (Å²) < 4.78 is 37.5. The molecule has 0 spiro atoms. The first kappa shape index (κ1) is 22.1. The SMILES string of the molecule is COc1cc(C=Nc2cccc(S(=O)(=O)O)c2)c(C(C)(C)C)cc1C(C)(C)C. The average Bonchev–Trinajstić information content (AvgIpc) is 2.57. The molecule has 1 N–H and O–H groups in total. The molecule has 0 bridgehead atoms. The summed E-state index contributed by atoms with van der Waals surface area (Å²) in [5.41, 5.74) is 3.37. The van der Waals surface area contributed by atoms with Crippen molar-refractivity contribution < 1.29 is 17.7 Å². The topological polar surface area (TPSA) is 76.0 Å². The molecule has 152 valence electrons. The minimum Gasteiger partial charge on any atom is -0.496 e. The van der Waals surface area contributed by atoms with Crippen LogP contribution in [0.15, 0.2) is 46.3 Å². The summed E-state index contributed by atoms with van der Waals surface area (Å²) in [7, 11) is -2.62. The van der Waals surface area contributed by atoms with Gasteiger partial charge in [-0.15, -0.1) is 0 Å². The quantitative estimate of drug-likeness (QED) is 0.556. The van der Waals surface area contributed by atoms with E-state index in [1.165, 1.54) is 12.1 Å². The van der Waals surface area contributed by atoms with E-state index < -0.39 is 10.1 Å². The highest BCUT2D eigenvalue weighted by atomic mass is 32.2. The van der Waals surface area contributed by atoms with Gasteiger partial charge in [0.2, 0.25) is 0 Å². The van der Waals surface area contributed by atoms with E-state index in [2.05, 4.69) is 52.6 Å². The highest BCUT2D eigenvalue weighted by Gasteiger charge is 2.25. The van der Waals surface area contributed by atoms with Gasteiger partial charge in [0.15, 0.2) is 0 Å². The van der Waals surface area contributed by atoms with Gasteiger partial charge < -0.3 is 4.74 Å². The summed E-state index contributed by atoms with van der Waals surface area (Å²) >= 11 is 0. The number of aliphatic imine (C=N–C) groups is 1. The molecule has 2 aromatic rings. The summed E-state index contributed by atoms with van der Waals surface area (Å²) in [5.74, 6) is 0.786. The maximum atomic E-state index is 11.3. The van der Waals surface area contributed by atoms with Gasteiger partial charge >= 0.3 is 0 Å². The van der Waals surface area contributed by atoms with Crippen LogP contribution in [0.4, 0.5) is 5.69 Å². The number of rotatable bonds is 4. The predicted molar refractivity (Wildman–Crippen MR) is 114 cm³/mol. The Morgan fingerprint density at radius 2 is 1.57 bits per heavy atom. The molecule has 0 saturated heterocycles. The van der Waals surface area contributed by atoms with Crippen molar-refractivity contribution in [3.8, 4) is 5.75 Å². The lowest BCUT2D eigenvalue weighted by molar-refractivity contribution is 0.396. The fraction of sp³-hybridized carbons (Fsp3) is 0.409. The molecule has 0 saturated carbocycles. The summed E-state index contributed by atoms with van der Waals surface area (Å²) in [6.07, 6.45) is 1.71. The van der Waals surface area contributed by atoms with E-state index in [0.29, 0.717) is 5.69 Å². The van der Waals surface area contributed by atoms with Crippen molar-refractivity contribution in [2.24, 2.45) is 4.99 Å². The van der Waals surface area contributed by atoms with Gasteiger partial charge in [-0.3, -0.25) is 9.55 Å². The van der Waals surface area contributed by atoms with Gasteiger partial charge in [0.1, 0.15) is 5.75 Å². The van der Waals surface area contributed by atoms with Crippen LogP contribution < -0.4 is 4.74 Å². The van der Waals surface area contributed by atoms with Gasteiger partial charge in [-0.2, -0.15) is 8.42 Å². The first-order valence-electron chi connectivity index (χ1n) is 9.08. The van der Waals surface area contributed by atoms with E-state index in [-0.39, 0.29) is 15.7 Å². The highest BCUT2D eigenvalue weighted by molar-refractivity contribution is 7.85. The second kappa shape index (κ2) is 7.68. The summed E-state index contributed by atoms with van der Waals surface area (Å²) in [6.45, 7) is 12.8. The lowest BCUT2D eigenvalue weighted by Crippen LogP contribution is -2.19. The third-order valence-corrected chi connectivity index (χ3v) is 5.31. The van der Waals surface area contributed by atoms with Crippen LogP contribution in [-0.4, -0.2) is 26.3 Å². The fourth-order valence-electron chi connectivity index (χ4n) is 2.98. The Hall–Kier alpha value is -2.18. The van der Waals surface area contributed by atoms with Crippen molar-refractivity contribution in [1.82, 2.24) is 0 Å². The summed E-state index contributed by atoms with van der Waals surface area (Å²) in [4.78, 5) is 4.25. The Kier molecular flexibility index (Phi) is 6.07. The van der Waals surface area contributed by atoms with Crippen molar-refractivity contribution in [1.29, 1.82) is 0 Å². The van der Waals surface area contributed by atoms with Crippen molar-refractivity contribution in [3.05, 3.63) is 53.1 Å². The number of methoxy groups -OCH3 is 1. The molecule has 5 nitrogen and oxygen atoms in total. The van der Waals surface area contributed by atoms with Gasteiger partial charge in [0.05, 0.1) is 17.7 Å². The van der Waals surface area contributed by atoms with Crippen molar-refractivity contribution in [3.63, 3.8) is 0 Å². The smallest absolute Gasteiger partial charge is 0.294 e. The molecule has 6 heteroatoms. The first-order valence-corrected chi connectivity index (χ1v) is 10.5. The van der Waals surface area contributed by atoms with Crippen molar-refractivity contribution in [2.75, 3.05) is 7.11 Å². The monoisotopic (exact) mass is 403 g/mol. The third-order valence-electron chi connectivity index (χ3n) is 4.46. The van der Waals surface area contributed by atoms with E-state index in [0.717, 1.165) is 22.4 Å². The first-order chi connectivity index (χ1) is 12.7. The maximum absolute atomic E-state index is 11.3. The molecule has 0 heterocycles. The van der Waals surface area contributed by atoms with Crippen LogP contribution in [0.5, 0.6) is 5.75 Å². The molecule has 0 amide bonds. The Labute approximate surface area is 168 Å². The molecule has 0 radical (unpaired) electrons. The fourth-order valence-corrected chi connectivity index (χ4v) is 3.50. The zero-order chi connectivity index (χ0) is 21.3. The molecule has 2 aromatic carbocycles. The number of hydrogen-bond acceptors (Lipinski definition) is 4. The van der Waals surface area contributed by atoms with E-state index in [4.69, 9.17) is 4.74 Å². The molecule has 0 aliphatic heterocycles. The van der Waals surface area contributed by atoms with Crippen LogP contribution >= 0.6 is 0 Å². The van der Waals surface area contributed by atoms with Gasteiger partial charge in [-0.05, 0) is 46.2 Å². The molecule has 28 heavy (non-hydrogen) atoms. The van der Waals surface area contributed by atoms with E-state index in [1.807, 2.05) is 6.07 Å². The lowest BCUT2D eigenvalue weighted by Gasteiger charge is -2.28. The van der Waals surface area contributed by atoms with Gasteiger partial charge in [0, 0.05) is 11.8 Å². The van der Waals surface area contributed by atoms with Crippen LogP contribution in [0.2, 0.25) is 0 Å². The van der Waals surface area contributed by atoms with Gasteiger partial charge in [-0.25, -0.2) is 0 Å². The molecule has 0 aliphatic carbocycles. The number of benzene rings is 2. The molecule has 0 fully saturated rings. The normalized spacial score (nSPS) is 13.1. The standard InChI is InChI=1S/C22H29NO4S/c1-21(2,3)18-13-19(22(4,5)6)20(27-7)11-15(18)14-23-16-9-8-10-17(12-16)28(24,25)26/h8-14H,1-7H3,(H,24,25,26). The number of ether oxygens (including phenoxy) is 1. The third kappa shape index (κ3) is 5.20. The van der Waals surface area contributed by atoms with E-state index in [9.17, 15) is 13.0 Å². The minimum atomic E-state index is -4.27. The van der Waals surface area contributed by atoms with Crippen LogP contribution in [-0.2, 0) is 20.9 Å². The minimum absolute atomic E-state index is 0.0785. The Bertz CT molecular complexity index is 994. The zero-order valence-electron chi connectivity index (χ0n) is 17.6. The molecule has 0 unspecified atom stereocenters. The largest absolute Gasteiger partial charge is 0.496 e. The van der Waals surface area contributed by atoms with Crippen LogP contribution in [0.25, 0.3) is 0 Å². The molecular formula is C22H29NO4S. The van der Waals surface area contributed by atoms with Gasteiger partial charge in [0.25, 0.3) is 10.1 Å². The Morgan fingerprint density at radius 1 is 0.964 bits per heavy atom. The van der Waals surface area contributed by atoms with Crippen LogP contribution in [0.3, 0.4) is 0 Å². The Balaban J connectivity index is 2.60. The average molecular weight is 404 g/mol. The van der Waals surface area contributed by atoms with Gasteiger partial charge in [-0.1, -0.05) is 53.7 Å². The second-order valence-corrected chi connectivity index (χ2v) is 10.3. The zero-order valence-corrected chi connectivity index (χ0v) is 18.4. The number of nitrogens with zero attached hydrogens (tertiary/aromatic N) is 1. The summed E-state index contributed by atoms with van der Waals surface area (Å²) in [6, 6.07) is 10.0. The van der Waals surface area contributed by atoms with Crippen molar-refractivity contribution in [2.45, 2.75) is 57.3 Å². The van der Waals surface area contributed by atoms with E-state index >= 15 is 0 Å². The Morgan fingerprint density at radius 3 is 2.07 bits per heavy atom. The van der Waals surface area contributed by atoms with E-state index in [1.54, 1.807) is 25.5 Å². The predicted octanol–water partition coefficient (Wildman–Crippen LogP) is 5.29. The lowest BCUT2D eigenvalue weighted by atomic mass is 9.78. The molecule has 0 aliphatic rings. The van der Waals surface area contributed by atoms with Crippen LogP contribution in [0.1, 0.15) is 58.2 Å². The maximum Gasteiger partial charge on any atom is 0.294 e. The highest BCUT2D eigenvalue weighted by Crippen LogP contribution is 2.37. The van der Waals surface area contributed by atoms with Crippen molar-refractivity contribution >= 4 is 22.0 Å². The summed E-state index contributed by atoms with van der Waals surface area (Å²) in [5, 5.41) is 0. The number of hydrogen-bond donors (Lipinski definition) is 1. The molecule has 0 atom stereocenters.